The zero-order valence-corrected chi connectivity index (χ0v) is 8.53. The summed E-state index contributed by atoms with van der Waals surface area (Å²) in [6, 6.07) is -0.115. The lowest BCUT2D eigenvalue weighted by Gasteiger charge is -2.18. The maximum Gasteiger partial charge on any atom is 0.318 e. The largest absolute Gasteiger partial charge is 0.480 e. The minimum absolute atomic E-state index is 0.115. The van der Waals surface area contributed by atoms with Gasteiger partial charge in [0.05, 0.1) is 5.75 Å². The molecule has 0 unspecified atom stereocenters. The smallest absolute Gasteiger partial charge is 0.318 e. The summed E-state index contributed by atoms with van der Waals surface area (Å²) < 4.78 is 24.1. The van der Waals surface area contributed by atoms with Gasteiger partial charge in [-0.25, -0.2) is 8.42 Å². The van der Waals surface area contributed by atoms with E-state index in [1.807, 2.05) is 0 Å². The minimum Gasteiger partial charge on any atom is -0.480 e. The molecule has 0 aliphatic heterocycles. The van der Waals surface area contributed by atoms with Crippen molar-refractivity contribution in [3.05, 3.63) is 12.7 Å². The van der Waals surface area contributed by atoms with Crippen LogP contribution in [0.1, 0.15) is 12.8 Å². The second kappa shape index (κ2) is 4.10. The molecule has 0 saturated heterocycles. The Balaban J connectivity index is 2.75. The molecule has 0 spiro atoms. The molecule has 0 bridgehead atoms. The highest BCUT2D eigenvalue weighted by molar-refractivity contribution is 7.89. The monoisotopic (exact) mass is 219 g/mol. The van der Waals surface area contributed by atoms with Crippen molar-refractivity contribution in [2.75, 3.05) is 12.3 Å². The van der Waals surface area contributed by atoms with Crippen molar-refractivity contribution in [2.24, 2.45) is 0 Å². The second-order valence-corrected chi connectivity index (χ2v) is 5.20. The number of nitrogens with zero attached hydrogens (tertiary/aromatic N) is 1. The molecule has 1 fully saturated rings. The van der Waals surface area contributed by atoms with Crippen molar-refractivity contribution in [2.45, 2.75) is 18.9 Å². The molecule has 80 valence electrons. The van der Waals surface area contributed by atoms with E-state index in [4.69, 9.17) is 5.11 Å². The second-order valence-electron chi connectivity index (χ2n) is 3.24. The van der Waals surface area contributed by atoms with Gasteiger partial charge in [0.2, 0.25) is 10.0 Å². The zero-order valence-electron chi connectivity index (χ0n) is 7.72. The average molecular weight is 219 g/mol. The van der Waals surface area contributed by atoms with Gasteiger partial charge in [-0.05, 0) is 12.8 Å². The maximum absolute atomic E-state index is 11.5. The van der Waals surface area contributed by atoms with Crippen LogP contribution in [-0.4, -0.2) is 42.1 Å². The molecule has 1 aliphatic rings. The number of carbonyl (C=O) groups is 1. The van der Waals surface area contributed by atoms with Crippen LogP contribution in [0.15, 0.2) is 12.7 Å². The Labute approximate surface area is 83.1 Å². The number of sulfonamides is 1. The van der Waals surface area contributed by atoms with Gasteiger partial charge in [-0.15, -0.1) is 6.58 Å². The number of rotatable bonds is 6. The third kappa shape index (κ3) is 2.81. The Morgan fingerprint density at radius 1 is 1.57 bits per heavy atom. The van der Waals surface area contributed by atoms with Gasteiger partial charge in [0.15, 0.2) is 0 Å². The van der Waals surface area contributed by atoms with Gasteiger partial charge in [-0.2, -0.15) is 4.31 Å². The molecule has 1 saturated carbocycles. The molecule has 0 aromatic rings. The van der Waals surface area contributed by atoms with Crippen LogP contribution in [0.5, 0.6) is 0 Å². The lowest BCUT2D eigenvalue weighted by Crippen LogP contribution is -2.38. The van der Waals surface area contributed by atoms with E-state index < -0.39 is 22.5 Å². The first-order chi connectivity index (χ1) is 6.47. The molecule has 0 radical (unpaired) electrons. The number of carboxylic acids is 1. The molecule has 1 rings (SSSR count). The summed E-state index contributed by atoms with van der Waals surface area (Å²) in [5.41, 5.74) is 0. The topological polar surface area (TPSA) is 74.7 Å². The van der Waals surface area contributed by atoms with E-state index in [9.17, 15) is 13.2 Å². The summed E-state index contributed by atoms with van der Waals surface area (Å²) in [5.74, 6) is -1.32. The van der Waals surface area contributed by atoms with Gasteiger partial charge >= 0.3 is 5.97 Å². The third-order valence-corrected chi connectivity index (χ3v) is 3.73. The summed E-state index contributed by atoms with van der Waals surface area (Å²) in [7, 11) is -3.47. The highest BCUT2D eigenvalue weighted by Gasteiger charge is 2.37. The maximum atomic E-state index is 11.5. The summed E-state index contributed by atoms with van der Waals surface area (Å²) in [6.07, 6.45) is 2.78. The Kier molecular flexibility index (Phi) is 3.28. The standard InChI is InChI=1S/C8H13NO4S/c1-2-5-14(12,13)9(6-8(10)11)7-3-4-7/h2,7H,1,3-6H2,(H,10,11). The predicted molar refractivity (Wildman–Crippen MR) is 51.3 cm³/mol. The molecule has 1 N–H and O–H groups in total. The van der Waals surface area contributed by atoms with Crippen LogP contribution >= 0.6 is 0 Å². The molecule has 0 amide bonds. The van der Waals surface area contributed by atoms with E-state index in [0.717, 1.165) is 17.1 Å². The molecular formula is C8H13NO4S. The lowest BCUT2D eigenvalue weighted by atomic mass is 10.6. The van der Waals surface area contributed by atoms with Crippen LogP contribution in [0.4, 0.5) is 0 Å². The van der Waals surface area contributed by atoms with Gasteiger partial charge in [0.1, 0.15) is 6.54 Å². The Morgan fingerprint density at radius 3 is 2.50 bits per heavy atom. The Morgan fingerprint density at radius 2 is 2.14 bits per heavy atom. The van der Waals surface area contributed by atoms with Gasteiger partial charge in [-0.3, -0.25) is 4.79 Å². The predicted octanol–water partition coefficient (Wildman–Crippen LogP) is 0.0512. The van der Waals surface area contributed by atoms with Gasteiger partial charge < -0.3 is 5.11 Å². The molecule has 0 atom stereocenters. The molecule has 6 heteroatoms. The number of aliphatic carboxylic acids is 1. The van der Waals surface area contributed by atoms with E-state index in [0.29, 0.717) is 0 Å². The normalized spacial score (nSPS) is 16.9. The van der Waals surface area contributed by atoms with Gasteiger partial charge in [0.25, 0.3) is 0 Å². The van der Waals surface area contributed by atoms with E-state index in [2.05, 4.69) is 6.58 Å². The minimum atomic E-state index is -3.47. The molecule has 1 aliphatic carbocycles. The quantitative estimate of drug-likeness (QED) is 0.640. The van der Waals surface area contributed by atoms with Crippen molar-refractivity contribution in [1.82, 2.24) is 4.31 Å². The molecule has 0 heterocycles. The summed E-state index contributed by atoms with van der Waals surface area (Å²) in [6.45, 7) is 2.89. The summed E-state index contributed by atoms with van der Waals surface area (Å²) >= 11 is 0. The van der Waals surface area contributed by atoms with Crippen LogP contribution in [0.3, 0.4) is 0 Å². The van der Waals surface area contributed by atoms with Crippen LogP contribution in [0.25, 0.3) is 0 Å². The Bertz CT molecular complexity index is 331. The van der Waals surface area contributed by atoms with Crippen molar-refractivity contribution in [1.29, 1.82) is 0 Å². The fraction of sp³-hybridized carbons (Fsp3) is 0.625. The van der Waals surface area contributed by atoms with Crippen LogP contribution in [0, 0.1) is 0 Å². The molecule has 5 nitrogen and oxygen atoms in total. The van der Waals surface area contributed by atoms with Crippen molar-refractivity contribution >= 4 is 16.0 Å². The first-order valence-electron chi connectivity index (χ1n) is 4.29. The fourth-order valence-corrected chi connectivity index (χ4v) is 2.66. The highest BCUT2D eigenvalue weighted by atomic mass is 32.2. The van der Waals surface area contributed by atoms with E-state index in [1.165, 1.54) is 6.08 Å². The summed E-state index contributed by atoms with van der Waals surface area (Å²) in [4.78, 5) is 10.5. The van der Waals surface area contributed by atoms with Crippen molar-refractivity contribution in [3.8, 4) is 0 Å². The number of carboxylic acid groups (broad SMARTS) is 1. The van der Waals surface area contributed by atoms with Gasteiger partial charge in [-0.1, -0.05) is 6.08 Å². The summed E-state index contributed by atoms with van der Waals surface area (Å²) in [5, 5.41) is 8.56. The van der Waals surface area contributed by atoms with Crippen LogP contribution < -0.4 is 0 Å². The first kappa shape index (κ1) is 11.2. The van der Waals surface area contributed by atoms with E-state index in [1.54, 1.807) is 0 Å². The highest BCUT2D eigenvalue weighted by Crippen LogP contribution is 2.29. The van der Waals surface area contributed by atoms with Crippen molar-refractivity contribution in [3.63, 3.8) is 0 Å². The zero-order chi connectivity index (χ0) is 10.8. The Hall–Kier alpha value is -0.880. The van der Waals surface area contributed by atoms with E-state index >= 15 is 0 Å². The first-order valence-corrected chi connectivity index (χ1v) is 5.90. The van der Waals surface area contributed by atoms with E-state index in [-0.39, 0.29) is 11.8 Å². The lowest BCUT2D eigenvalue weighted by molar-refractivity contribution is -0.137. The molecular weight excluding hydrogens is 206 g/mol. The third-order valence-electron chi connectivity index (χ3n) is 1.93. The molecule has 14 heavy (non-hydrogen) atoms. The molecule has 0 aromatic carbocycles. The van der Waals surface area contributed by atoms with Crippen LogP contribution in [0.2, 0.25) is 0 Å². The number of hydrogen-bond donors (Lipinski definition) is 1. The van der Waals surface area contributed by atoms with Crippen LogP contribution in [-0.2, 0) is 14.8 Å². The van der Waals surface area contributed by atoms with Gasteiger partial charge in [0, 0.05) is 6.04 Å². The SMILES string of the molecule is C=CCS(=O)(=O)N(CC(=O)O)C1CC1. The average Bonchev–Trinajstić information content (AvgIpc) is 2.81. The van der Waals surface area contributed by atoms with Crippen molar-refractivity contribution < 1.29 is 18.3 Å². The fourth-order valence-electron chi connectivity index (χ4n) is 1.20. The number of hydrogen-bond acceptors (Lipinski definition) is 3. The molecule has 0 aromatic heterocycles.